The molecule has 4 aromatic carbocycles. The first-order valence-electron chi connectivity index (χ1n) is 12.4. The van der Waals surface area contributed by atoms with Crippen LogP contribution in [0.5, 0.6) is 0 Å². The van der Waals surface area contributed by atoms with Crippen LogP contribution < -0.4 is 0 Å². The van der Waals surface area contributed by atoms with Crippen molar-refractivity contribution < 1.29 is 0 Å². The van der Waals surface area contributed by atoms with Crippen LogP contribution in [0.3, 0.4) is 0 Å². The van der Waals surface area contributed by atoms with Crippen molar-refractivity contribution in [3.63, 3.8) is 0 Å². The van der Waals surface area contributed by atoms with Gasteiger partial charge in [-0.3, -0.25) is 4.57 Å². The van der Waals surface area contributed by atoms with Gasteiger partial charge in [-0.25, -0.2) is 9.97 Å². The van der Waals surface area contributed by atoms with E-state index in [1.807, 2.05) is 12.1 Å². The predicted molar refractivity (Wildman–Crippen MR) is 147 cm³/mol. The average Bonchev–Trinajstić information content (AvgIpc) is 3.40. The summed E-state index contributed by atoms with van der Waals surface area (Å²) < 4.78 is 2.30. The van der Waals surface area contributed by atoms with Crippen molar-refractivity contribution in [2.75, 3.05) is 0 Å². The van der Waals surface area contributed by atoms with Crippen LogP contribution in [0.25, 0.3) is 50.5 Å². The van der Waals surface area contributed by atoms with E-state index in [9.17, 15) is 0 Å². The van der Waals surface area contributed by atoms with Crippen molar-refractivity contribution >= 4 is 10.9 Å². The van der Waals surface area contributed by atoms with E-state index in [1.54, 1.807) is 0 Å². The summed E-state index contributed by atoms with van der Waals surface area (Å²) >= 11 is 0. The van der Waals surface area contributed by atoms with Crippen molar-refractivity contribution in [3.8, 4) is 39.6 Å². The van der Waals surface area contributed by atoms with Gasteiger partial charge in [0, 0.05) is 33.2 Å². The highest BCUT2D eigenvalue weighted by Gasteiger charge is 2.41. The van der Waals surface area contributed by atoms with Gasteiger partial charge in [0.05, 0.1) is 16.9 Å². The van der Waals surface area contributed by atoms with E-state index in [0.717, 1.165) is 28.0 Å². The summed E-state index contributed by atoms with van der Waals surface area (Å²) in [7, 11) is 0. The molecule has 2 aromatic heterocycles. The fourth-order valence-corrected chi connectivity index (χ4v) is 5.73. The summed E-state index contributed by atoms with van der Waals surface area (Å²) in [6, 6.07) is 40.3. The van der Waals surface area contributed by atoms with Crippen LogP contribution in [0.15, 0.2) is 115 Å². The number of fused-ring (bicyclic) bond motifs is 5. The lowest BCUT2D eigenvalue weighted by Crippen LogP contribution is -2.21. The molecule has 0 atom stereocenters. The Labute approximate surface area is 210 Å². The molecule has 0 aliphatic heterocycles. The smallest absolute Gasteiger partial charge is 0.235 e. The Hall–Kier alpha value is -4.50. The molecule has 6 aromatic rings. The number of para-hydroxylation sites is 1. The summed E-state index contributed by atoms with van der Waals surface area (Å²) in [6.07, 6.45) is 0. The number of hydrogen-bond donors (Lipinski definition) is 0. The van der Waals surface area contributed by atoms with Gasteiger partial charge >= 0.3 is 0 Å². The van der Waals surface area contributed by atoms with Crippen LogP contribution in [0, 0.1) is 0 Å². The Bertz CT molecular complexity index is 1690. The first kappa shape index (κ1) is 20.8. The molecule has 0 unspecified atom stereocenters. The van der Waals surface area contributed by atoms with Crippen LogP contribution in [-0.4, -0.2) is 14.5 Å². The summed E-state index contributed by atoms with van der Waals surface area (Å²) in [6.45, 7) is 4.62. The first-order valence-corrected chi connectivity index (χ1v) is 12.4. The molecule has 0 saturated heterocycles. The third-order valence-electron chi connectivity index (χ3n) is 7.39. The standard InChI is InChI=1S/C33H25N3/c1-33(2)26-19-11-9-17-24(26)30-25-18-10-12-20-29(25)36(31(30)33)32-34-27(22-13-5-3-6-14-22)21-28(35-32)23-15-7-4-8-16-23/h3-21H,1-2H3. The third kappa shape index (κ3) is 2.99. The van der Waals surface area contributed by atoms with E-state index >= 15 is 0 Å². The number of rotatable bonds is 3. The number of nitrogens with zero attached hydrogens (tertiary/aromatic N) is 3. The molecular weight excluding hydrogens is 438 g/mol. The maximum Gasteiger partial charge on any atom is 0.235 e. The second-order valence-corrected chi connectivity index (χ2v) is 9.92. The zero-order valence-corrected chi connectivity index (χ0v) is 20.3. The van der Waals surface area contributed by atoms with Crippen LogP contribution in [0.2, 0.25) is 0 Å². The van der Waals surface area contributed by atoms with E-state index in [1.165, 1.54) is 27.8 Å². The molecule has 36 heavy (non-hydrogen) atoms. The van der Waals surface area contributed by atoms with Gasteiger partial charge in [-0.2, -0.15) is 0 Å². The molecule has 0 saturated carbocycles. The summed E-state index contributed by atoms with van der Waals surface area (Å²) in [5, 5.41) is 1.24. The minimum atomic E-state index is -0.191. The second kappa shape index (κ2) is 7.76. The molecule has 172 valence electrons. The number of hydrogen-bond acceptors (Lipinski definition) is 2. The minimum absolute atomic E-state index is 0.191. The SMILES string of the molecule is CC1(C)c2ccccc2-c2c1n(-c1nc(-c3ccccc3)cc(-c3ccccc3)n1)c1ccccc21. The van der Waals surface area contributed by atoms with Crippen LogP contribution in [-0.2, 0) is 5.41 Å². The first-order chi connectivity index (χ1) is 17.6. The maximum atomic E-state index is 5.18. The second-order valence-electron chi connectivity index (χ2n) is 9.92. The fraction of sp³-hybridized carbons (Fsp3) is 0.0909. The van der Waals surface area contributed by atoms with E-state index < -0.39 is 0 Å². The van der Waals surface area contributed by atoms with E-state index in [-0.39, 0.29) is 5.41 Å². The van der Waals surface area contributed by atoms with Gasteiger partial charge in [0.15, 0.2) is 0 Å². The van der Waals surface area contributed by atoms with E-state index in [2.05, 4.69) is 122 Å². The quantitative estimate of drug-likeness (QED) is 0.266. The monoisotopic (exact) mass is 463 g/mol. The minimum Gasteiger partial charge on any atom is -0.281 e. The van der Waals surface area contributed by atoms with Crippen molar-refractivity contribution in [3.05, 3.63) is 127 Å². The molecule has 2 heterocycles. The Balaban J connectivity index is 1.58. The topological polar surface area (TPSA) is 30.7 Å². The Kier molecular flexibility index (Phi) is 4.49. The molecule has 0 bridgehead atoms. The van der Waals surface area contributed by atoms with Crippen molar-refractivity contribution in [2.24, 2.45) is 0 Å². The van der Waals surface area contributed by atoms with Gasteiger partial charge in [-0.05, 0) is 23.3 Å². The van der Waals surface area contributed by atoms with Crippen LogP contribution in [0.1, 0.15) is 25.1 Å². The fourth-order valence-electron chi connectivity index (χ4n) is 5.73. The lowest BCUT2D eigenvalue weighted by Gasteiger charge is -2.24. The molecule has 3 nitrogen and oxygen atoms in total. The third-order valence-corrected chi connectivity index (χ3v) is 7.39. The van der Waals surface area contributed by atoms with Crippen molar-refractivity contribution in [1.82, 2.24) is 14.5 Å². The zero-order valence-electron chi connectivity index (χ0n) is 20.3. The lowest BCUT2D eigenvalue weighted by molar-refractivity contribution is 0.618. The molecule has 0 fully saturated rings. The Morgan fingerprint density at radius 1 is 0.611 bits per heavy atom. The highest BCUT2D eigenvalue weighted by Crippen LogP contribution is 2.53. The molecule has 7 rings (SSSR count). The highest BCUT2D eigenvalue weighted by atomic mass is 15.2. The zero-order chi connectivity index (χ0) is 24.3. The largest absolute Gasteiger partial charge is 0.281 e. The molecule has 0 radical (unpaired) electrons. The molecular formula is C33H25N3. The number of aromatic nitrogens is 3. The van der Waals surface area contributed by atoms with Gasteiger partial charge in [0.1, 0.15) is 0 Å². The highest BCUT2D eigenvalue weighted by molar-refractivity contribution is 6.03. The number of benzene rings is 4. The molecule has 3 heteroatoms. The van der Waals surface area contributed by atoms with Gasteiger partial charge in [-0.15, -0.1) is 0 Å². The van der Waals surface area contributed by atoms with Crippen LogP contribution in [0.4, 0.5) is 0 Å². The van der Waals surface area contributed by atoms with E-state index in [4.69, 9.17) is 9.97 Å². The molecule has 1 aliphatic rings. The lowest BCUT2D eigenvalue weighted by atomic mass is 9.85. The molecule has 0 spiro atoms. The summed E-state index contributed by atoms with van der Waals surface area (Å²) in [4.78, 5) is 10.4. The maximum absolute atomic E-state index is 5.18. The van der Waals surface area contributed by atoms with Crippen molar-refractivity contribution in [2.45, 2.75) is 19.3 Å². The van der Waals surface area contributed by atoms with Gasteiger partial charge in [0.25, 0.3) is 0 Å². The molecule has 0 amide bonds. The van der Waals surface area contributed by atoms with Gasteiger partial charge in [0.2, 0.25) is 5.95 Å². The Morgan fingerprint density at radius 3 is 1.83 bits per heavy atom. The molecule has 0 N–H and O–H groups in total. The Morgan fingerprint density at radius 2 is 1.17 bits per heavy atom. The summed E-state index contributed by atoms with van der Waals surface area (Å²) in [5.41, 5.74) is 10.1. The van der Waals surface area contributed by atoms with Gasteiger partial charge < -0.3 is 0 Å². The average molecular weight is 464 g/mol. The predicted octanol–water partition coefficient (Wildman–Crippen LogP) is 8.06. The van der Waals surface area contributed by atoms with Crippen LogP contribution >= 0.6 is 0 Å². The van der Waals surface area contributed by atoms with Crippen molar-refractivity contribution in [1.29, 1.82) is 0 Å². The normalized spacial score (nSPS) is 13.5. The summed E-state index contributed by atoms with van der Waals surface area (Å²) in [5.74, 6) is 0.702. The van der Waals surface area contributed by atoms with E-state index in [0.29, 0.717) is 5.95 Å². The van der Waals surface area contributed by atoms with Gasteiger partial charge in [-0.1, -0.05) is 117 Å². The molecule has 1 aliphatic carbocycles.